The first-order chi connectivity index (χ1) is 6.15. The molecule has 0 bridgehead atoms. The lowest BCUT2D eigenvalue weighted by Crippen LogP contribution is -2.41. The average molecular weight is 185 g/mol. The molecule has 4 nitrogen and oxygen atoms in total. The van der Waals surface area contributed by atoms with Crippen LogP contribution >= 0.6 is 0 Å². The molecule has 0 aromatic heterocycles. The number of amidine groups is 1. The Bertz CT molecular complexity index is 183. The van der Waals surface area contributed by atoms with E-state index in [1.807, 2.05) is 0 Å². The van der Waals surface area contributed by atoms with Crippen LogP contribution in [0, 0.1) is 5.92 Å². The highest BCUT2D eigenvalue weighted by atomic mass is 16.4. The maximum atomic E-state index is 8.51. The topological polar surface area (TPSA) is 61.8 Å². The Morgan fingerprint density at radius 1 is 1.46 bits per heavy atom. The zero-order chi connectivity index (χ0) is 9.84. The van der Waals surface area contributed by atoms with Crippen LogP contribution in [0.4, 0.5) is 0 Å². The summed E-state index contributed by atoms with van der Waals surface area (Å²) in [4.78, 5) is 2.42. The number of likely N-dealkylation sites (tertiary alicyclic amines) is 1. The van der Waals surface area contributed by atoms with Crippen LogP contribution in [0.3, 0.4) is 0 Å². The summed E-state index contributed by atoms with van der Waals surface area (Å²) < 4.78 is 0. The quantitative estimate of drug-likeness (QED) is 0.290. The van der Waals surface area contributed by atoms with Gasteiger partial charge in [0.25, 0.3) is 0 Å². The Labute approximate surface area is 79.4 Å². The molecule has 0 atom stereocenters. The van der Waals surface area contributed by atoms with Crippen molar-refractivity contribution in [3.63, 3.8) is 0 Å². The molecular formula is C9H19N3O. The third-order valence-electron chi connectivity index (χ3n) is 2.79. The fourth-order valence-corrected chi connectivity index (χ4v) is 1.79. The van der Waals surface area contributed by atoms with Gasteiger partial charge in [-0.3, -0.25) is 0 Å². The van der Waals surface area contributed by atoms with Crippen LogP contribution < -0.4 is 5.73 Å². The molecule has 1 aliphatic rings. The van der Waals surface area contributed by atoms with Crippen LogP contribution in [-0.4, -0.2) is 35.1 Å². The van der Waals surface area contributed by atoms with E-state index in [0.29, 0.717) is 11.9 Å². The molecule has 1 saturated heterocycles. The van der Waals surface area contributed by atoms with Gasteiger partial charge in [-0.05, 0) is 39.8 Å². The van der Waals surface area contributed by atoms with Gasteiger partial charge in [-0.25, -0.2) is 0 Å². The maximum absolute atomic E-state index is 8.51. The van der Waals surface area contributed by atoms with Gasteiger partial charge < -0.3 is 15.8 Å². The Morgan fingerprint density at radius 3 is 2.38 bits per heavy atom. The lowest BCUT2D eigenvalue weighted by Gasteiger charge is -2.33. The highest BCUT2D eigenvalue weighted by Gasteiger charge is 2.23. The predicted molar refractivity (Wildman–Crippen MR) is 52.8 cm³/mol. The van der Waals surface area contributed by atoms with Crippen molar-refractivity contribution in [2.24, 2.45) is 16.8 Å². The van der Waals surface area contributed by atoms with Crippen LogP contribution in [0.15, 0.2) is 5.16 Å². The van der Waals surface area contributed by atoms with Crippen LogP contribution in [0.2, 0.25) is 0 Å². The molecule has 0 aliphatic carbocycles. The summed E-state index contributed by atoms with van der Waals surface area (Å²) in [5.74, 6) is 0.670. The minimum Gasteiger partial charge on any atom is -0.409 e. The number of piperidine rings is 1. The first kappa shape index (κ1) is 10.3. The van der Waals surface area contributed by atoms with Crippen molar-refractivity contribution in [3.05, 3.63) is 0 Å². The van der Waals surface area contributed by atoms with Crippen LogP contribution in [-0.2, 0) is 0 Å². The molecule has 0 saturated carbocycles. The van der Waals surface area contributed by atoms with E-state index in [-0.39, 0.29) is 5.92 Å². The van der Waals surface area contributed by atoms with Gasteiger partial charge >= 0.3 is 0 Å². The van der Waals surface area contributed by atoms with Gasteiger partial charge in [0, 0.05) is 12.0 Å². The molecule has 1 aliphatic heterocycles. The lowest BCUT2D eigenvalue weighted by molar-refractivity contribution is 0.167. The molecule has 0 spiro atoms. The van der Waals surface area contributed by atoms with Gasteiger partial charge in [0.2, 0.25) is 0 Å². The molecule has 3 N–H and O–H groups in total. The Balaban J connectivity index is 2.39. The van der Waals surface area contributed by atoms with Crippen molar-refractivity contribution in [3.8, 4) is 0 Å². The van der Waals surface area contributed by atoms with E-state index in [1.54, 1.807) is 0 Å². The number of hydrogen-bond donors (Lipinski definition) is 2. The van der Waals surface area contributed by atoms with Gasteiger partial charge in [0.1, 0.15) is 5.84 Å². The minimum atomic E-state index is 0.278. The molecule has 0 radical (unpaired) electrons. The van der Waals surface area contributed by atoms with Gasteiger partial charge in [-0.2, -0.15) is 0 Å². The van der Waals surface area contributed by atoms with Crippen molar-refractivity contribution in [1.82, 2.24) is 4.90 Å². The molecule has 1 heterocycles. The van der Waals surface area contributed by atoms with E-state index in [4.69, 9.17) is 10.9 Å². The number of oxime groups is 1. The van der Waals surface area contributed by atoms with Gasteiger partial charge in [0.15, 0.2) is 0 Å². The number of nitrogens with two attached hydrogens (primary N) is 1. The molecule has 0 aromatic rings. The normalized spacial score (nSPS) is 22.5. The first-order valence-electron chi connectivity index (χ1n) is 4.86. The molecule has 0 amide bonds. The second-order valence-corrected chi connectivity index (χ2v) is 3.93. The van der Waals surface area contributed by atoms with Crippen molar-refractivity contribution < 1.29 is 5.21 Å². The van der Waals surface area contributed by atoms with E-state index in [2.05, 4.69) is 23.9 Å². The third kappa shape index (κ3) is 2.59. The fraction of sp³-hybridized carbons (Fsp3) is 0.889. The molecule has 4 heteroatoms. The summed E-state index contributed by atoms with van der Waals surface area (Å²) in [6, 6.07) is 0.605. The summed E-state index contributed by atoms with van der Waals surface area (Å²) in [7, 11) is 0. The highest BCUT2D eigenvalue weighted by Crippen LogP contribution is 2.18. The lowest BCUT2D eigenvalue weighted by atomic mass is 9.95. The molecule has 76 valence electrons. The van der Waals surface area contributed by atoms with Crippen molar-refractivity contribution in [1.29, 1.82) is 0 Å². The monoisotopic (exact) mass is 185 g/mol. The fourth-order valence-electron chi connectivity index (χ4n) is 1.79. The Hall–Kier alpha value is -0.770. The summed E-state index contributed by atoms with van der Waals surface area (Å²) in [6.07, 6.45) is 2.02. The smallest absolute Gasteiger partial charge is 0.142 e. The Morgan fingerprint density at radius 2 is 2.00 bits per heavy atom. The minimum absolute atomic E-state index is 0.278. The van der Waals surface area contributed by atoms with Gasteiger partial charge in [-0.1, -0.05) is 5.16 Å². The van der Waals surface area contributed by atoms with E-state index in [1.165, 1.54) is 0 Å². The highest BCUT2D eigenvalue weighted by molar-refractivity contribution is 5.82. The van der Waals surface area contributed by atoms with Crippen LogP contribution in [0.25, 0.3) is 0 Å². The number of rotatable bonds is 2. The molecule has 0 unspecified atom stereocenters. The van der Waals surface area contributed by atoms with Gasteiger partial charge in [-0.15, -0.1) is 0 Å². The number of hydrogen-bond acceptors (Lipinski definition) is 3. The summed E-state index contributed by atoms with van der Waals surface area (Å²) >= 11 is 0. The summed E-state index contributed by atoms with van der Waals surface area (Å²) in [5, 5.41) is 11.6. The molecular weight excluding hydrogens is 166 g/mol. The van der Waals surface area contributed by atoms with Crippen LogP contribution in [0.5, 0.6) is 0 Å². The van der Waals surface area contributed by atoms with E-state index >= 15 is 0 Å². The molecule has 1 rings (SSSR count). The first-order valence-corrected chi connectivity index (χ1v) is 4.86. The van der Waals surface area contributed by atoms with E-state index in [0.717, 1.165) is 25.9 Å². The largest absolute Gasteiger partial charge is 0.409 e. The second-order valence-electron chi connectivity index (χ2n) is 3.93. The zero-order valence-electron chi connectivity index (χ0n) is 8.40. The van der Waals surface area contributed by atoms with Crippen molar-refractivity contribution in [2.75, 3.05) is 13.1 Å². The van der Waals surface area contributed by atoms with Crippen LogP contribution in [0.1, 0.15) is 26.7 Å². The maximum Gasteiger partial charge on any atom is 0.142 e. The zero-order valence-corrected chi connectivity index (χ0v) is 8.40. The average Bonchev–Trinajstić information content (AvgIpc) is 2.17. The molecule has 1 fully saturated rings. The SMILES string of the molecule is CC(C)N1CCC(/C(N)=N/O)CC1. The number of nitrogens with zero attached hydrogens (tertiary/aromatic N) is 2. The molecule has 0 aromatic carbocycles. The predicted octanol–water partition coefficient (Wildman–Crippen LogP) is 0.853. The molecule has 13 heavy (non-hydrogen) atoms. The van der Waals surface area contributed by atoms with Crippen molar-refractivity contribution >= 4 is 5.84 Å². The third-order valence-corrected chi connectivity index (χ3v) is 2.79. The Kier molecular flexibility index (Phi) is 3.54. The van der Waals surface area contributed by atoms with Crippen molar-refractivity contribution in [2.45, 2.75) is 32.7 Å². The van der Waals surface area contributed by atoms with Gasteiger partial charge in [0.05, 0.1) is 0 Å². The second kappa shape index (κ2) is 4.46. The standard InChI is InChI=1S/C9H19N3O/c1-7(2)12-5-3-8(4-6-12)9(10)11-13/h7-8,13H,3-6H2,1-2H3,(H2,10,11). The van der Waals surface area contributed by atoms with E-state index in [9.17, 15) is 0 Å². The summed E-state index contributed by atoms with van der Waals surface area (Å²) in [6.45, 7) is 6.50. The van der Waals surface area contributed by atoms with E-state index < -0.39 is 0 Å². The summed E-state index contributed by atoms with van der Waals surface area (Å²) in [5.41, 5.74) is 5.55.